The molecule has 1 aliphatic rings. The van der Waals surface area contributed by atoms with Crippen LogP contribution in [0.1, 0.15) is 37.8 Å². The van der Waals surface area contributed by atoms with Crippen LogP contribution in [-0.2, 0) is 16.8 Å². The zero-order valence-corrected chi connectivity index (χ0v) is 16.4. The highest BCUT2D eigenvalue weighted by molar-refractivity contribution is 5.88. The lowest BCUT2D eigenvalue weighted by molar-refractivity contribution is -0.114. The Morgan fingerprint density at radius 2 is 1.93 bits per heavy atom. The highest BCUT2D eigenvalue weighted by Gasteiger charge is 2.44. The molecular weight excluding hydrogens is 355 g/mol. The minimum Gasteiger partial charge on any atom is -0.357 e. The summed E-state index contributed by atoms with van der Waals surface area (Å²) in [5, 5.41) is 9.45. The molecule has 6 heteroatoms. The standard InChI is InChI=1S/C22H27FN4O/c1-3-24-21(25-14-17-6-4-9-20(12-17)27-16(2)28)26-15-22(10-11-22)18-7-5-8-19(23)13-18/h4-9,12-13H,3,10-11,14-15H2,1-2H3,(H,27,28)(H2,24,25,26). The predicted octanol–water partition coefficient (Wildman–Crippen LogP) is 3.57. The van der Waals surface area contributed by atoms with Gasteiger partial charge in [-0.1, -0.05) is 24.3 Å². The first-order valence-electron chi connectivity index (χ1n) is 9.65. The van der Waals surface area contributed by atoms with Gasteiger partial charge in [0.05, 0.1) is 6.54 Å². The molecule has 2 aromatic carbocycles. The SMILES string of the molecule is CCNC(=NCc1cccc(NC(C)=O)c1)NCC1(c2cccc(F)c2)CC1. The molecule has 1 saturated carbocycles. The molecule has 2 aromatic rings. The van der Waals surface area contributed by atoms with Crippen molar-refractivity contribution in [2.75, 3.05) is 18.4 Å². The molecule has 0 heterocycles. The number of rotatable bonds is 7. The van der Waals surface area contributed by atoms with E-state index < -0.39 is 0 Å². The van der Waals surface area contributed by atoms with Crippen LogP contribution in [0.5, 0.6) is 0 Å². The summed E-state index contributed by atoms with van der Waals surface area (Å²) in [6.07, 6.45) is 2.09. The summed E-state index contributed by atoms with van der Waals surface area (Å²) in [7, 11) is 0. The fourth-order valence-electron chi connectivity index (χ4n) is 3.25. The predicted molar refractivity (Wildman–Crippen MR) is 111 cm³/mol. The van der Waals surface area contributed by atoms with Crippen LogP contribution in [0.4, 0.5) is 10.1 Å². The molecule has 3 N–H and O–H groups in total. The van der Waals surface area contributed by atoms with E-state index in [0.717, 1.165) is 42.2 Å². The zero-order chi connectivity index (χ0) is 20.0. The Kier molecular flexibility index (Phi) is 6.29. The molecule has 28 heavy (non-hydrogen) atoms. The van der Waals surface area contributed by atoms with Crippen molar-refractivity contribution < 1.29 is 9.18 Å². The fourth-order valence-corrected chi connectivity index (χ4v) is 3.25. The molecule has 1 amide bonds. The van der Waals surface area contributed by atoms with Crippen molar-refractivity contribution in [3.05, 3.63) is 65.5 Å². The molecule has 148 valence electrons. The molecule has 0 radical (unpaired) electrons. The Bertz CT molecular complexity index is 861. The Morgan fingerprint density at radius 3 is 2.61 bits per heavy atom. The summed E-state index contributed by atoms with van der Waals surface area (Å²) in [5.41, 5.74) is 2.80. The lowest BCUT2D eigenvalue weighted by Crippen LogP contribution is -2.41. The minimum atomic E-state index is -0.191. The zero-order valence-electron chi connectivity index (χ0n) is 16.4. The van der Waals surface area contributed by atoms with Gasteiger partial charge in [0.25, 0.3) is 0 Å². The van der Waals surface area contributed by atoms with Crippen LogP contribution in [0.15, 0.2) is 53.5 Å². The largest absolute Gasteiger partial charge is 0.357 e. The molecule has 0 atom stereocenters. The van der Waals surface area contributed by atoms with Gasteiger partial charge in [0.1, 0.15) is 5.82 Å². The molecular formula is C22H27FN4O. The van der Waals surface area contributed by atoms with Crippen LogP contribution < -0.4 is 16.0 Å². The first-order valence-corrected chi connectivity index (χ1v) is 9.65. The smallest absolute Gasteiger partial charge is 0.221 e. The summed E-state index contributed by atoms with van der Waals surface area (Å²) < 4.78 is 13.6. The van der Waals surface area contributed by atoms with Gasteiger partial charge < -0.3 is 16.0 Å². The van der Waals surface area contributed by atoms with E-state index in [1.807, 2.05) is 37.3 Å². The van der Waals surface area contributed by atoms with Gasteiger partial charge >= 0.3 is 0 Å². The lowest BCUT2D eigenvalue weighted by Gasteiger charge is -2.19. The highest BCUT2D eigenvalue weighted by atomic mass is 19.1. The lowest BCUT2D eigenvalue weighted by atomic mass is 9.96. The number of nitrogens with zero attached hydrogens (tertiary/aromatic N) is 1. The average Bonchev–Trinajstić information content (AvgIpc) is 3.45. The van der Waals surface area contributed by atoms with Gasteiger partial charge in [0.15, 0.2) is 5.96 Å². The molecule has 0 aromatic heterocycles. The number of nitrogens with one attached hydrogen (secondary N) is 3. The van der Waals surface area contributed by atoms with Gasteiger partial charge in [0.2, 0.25) is 5.91 Å². The summed E-state index contributed by atoms with van der Waals surface area (Å²) in [4.78, 5) is 15.9. The third-order valence-electron chi connectivity index (χ3n) is 4.90. The number of anilines is 1. The molecule has 0 unspecified atom stereocenters. The van der Waals surface area contributed by atoms with Crippen molar-refractivity contribution in [1.29, 1.82) is 0 Å². The van der Waals surface area contributed by atoms with Gasteiger partial charge in [-0.05, 0) is 55.2 Å². The molecule has 1 aliphatic carbocycles. The van der Waals surface area contributed by atoms with Crippen LogP contribution in [0.3, 0.4) is 0 Å². The van der Waals surface area contributed by atoms with Crippen molar-refractivity contribution in [3.63, 3.8) is 0 Å². The van der Waals surface area contributed by atoms with E-state index in [1.54, 1.807) is 12.1 Å². The van der Waals surface area contributed by atoms with Crippen molar-refractivity contribution in [1.82, 2.24) is 10.6 Å². The number of halogens is 1. The molecule has 0 bridgehead atoms. The molecule has 3 rings (SSSR count). The fraction of sp³-hybridized carbons (Fsp3) is 0.364. The molecule has 5 nitrogen and oxygen atoms in total. The maximum Gasteiger partial charge on any atom is 0.221 e. The van der Waals surface area contributed by atoms with E-state index in [-0.39, 0.29) is 17.1 Å². The van der Waals surface area contributed by atoms with Gasteiger partial charge in [-0.2, -0.15) is 0 Å². The Hall–Kier alpha value is -2.89. The maximum absolute atomic E-state index is 13.6. The normalized spacial score (nSPS) is 15.0. The third kappa shape index (κ3) is 5.31. The number of aliphatic imine (C=N–C) groups is 1. The topological polar surface area (TPSA) is 65.5 Å². The summed E-state index contributed by atoms with van der Waals surface area (Å²) in [5.74, 6) is 0.446. The van der Waals surface area contributed by atoms with Crippen LogP contribution in [0.2, 0.25) is 0 Å². The number of carbonyl (C=O) groups is 1. The van der Waals surface area contributed by atoms with Crippen LogP contribution >= 0.6 is 0 Å². The summed E-state index contributed by atoms with van der Waals surface area (Å²) in [6.45, 7) is 5.48. The van der Waals surface area contributed by atoms with Gasteiger partial charge in [-0.25, -0.2) is 9.38 Å². The molecule has 0 spiro atoms. The number of carbonyl (C=O) groups excluding carboxylic acids is 1. The minimum absolute atomic E-state index is 0.0103. The van der Waals surface area contributed by atoms with E-state index in [2.05, 4.69) is 20.9 Å². The van der Waals surface area contributed by atoms with Crippen molar-refractivity contribution in [2.24, 2.45) is 4.99 Å². The third-order valence-corrected chi connectivity index (χ3v) is 4.90. The van der Waals surface area contributed by atoms with E-state index in [4.69, 9.17) is 0 Å². The second-order valence-corrected chi connectivity index (χ2v) is 7.22. The van der Waals surface area contributed by atoms with Gasteiger partial charge in [-0.15, -0.1) is 0 Å². The number of benzene rings is 2. The number of hydrogen-bond acceptors (Lipinski definition) is 2. The van der Waals surface area contributed by atoms with Crippen LogP contribution in [-0.4, -0.2) is 25.0 Å². The molecule has 0 aliphatic heterocycles. The van der Waals surface area contributed by atoms with E-state index in [0.29, 0.717) is 13.1 Å². The Labute approximate surface area is 165 Å². The second-order valence-electron chi connectivity index (χ2n) is 7.22. The quantitative estimate of drug-likeness (QED) is 0.507. The number of hydrogen-bond donors (Lipinski definition) is 3. The summed E-state index contributed by atoms with van der Waals surface area (Å²) in [6, 6.07) is 14.5. The van der Waals surface area contributed by atoms with Crippen LogP contribution in [0.25, 0.3) is 0 Å². The van der Waals surface area contributed by atoms with Crippen LogP contribution in [0, 0.1) is 5.82 Å². The number of amides is 1. The molecule has 0 saturated heterocycles. The average molecular weight is 382 g/mol. The molecule has 1 fully saturated rings. The van der Waals surface area contributed by atoms with Crippen molar-refractivity contribution >= 4 is 17.6 Å². The van der Waals surface area contributed by atoms with Gasteiger partial charge in [-0.3, -0.25) is 4.79 Å². The maximum atomic E-state index is 13.6. The van der Waals surface area contributed by atoms with E-state index in [9.17, 15) is 9.18 Å². The van der Waals surface area contributed by atoms with Crippen molar-refractivity contribution in [2.45, 2.75) is 38.6 Å². The van der Waals surface area contributed by atoms with Gasteiger partial charge in [0, 0.05) is 31.1 Å². The second kappa shape index (κ2) is 8.87. The highest BCUT2D eigenvalue weighted by Crippen LogP contribution is 2.47. The Morgan fingerprint density at radius 1 is 1.14 bits per heavy atom. The first kappa shape index (κ1) is 19.9. The first-order chi connectivity index (χ1) is 13.5. The summed E-state index contributed by atoms with van der Waals surface area (Å²) >= 11 is 0. The van der Waals surface area contributed by atoms with Crippen molar-refractivity contribution in [3.8, 4) is 0 Å². The monoisotopic (exact) mass is 382 g/mol. The van der Waals surface area contributed by atoms with E-state index >= 15 is 0 Å². The Balaban J connectivity index is 1.64. The number of guanidine groups is 1. The van der Waals surface area contributed by atoms with E-state index in [1.165, 1.54) is 13.0 Å².